The maximum absolute atomic E-state index is 13.2. The molecule has 3 N–H and O–H groups in total. The Morgan fingerprint density at radius 2 is 1.68 bits per heavy atom. The smallest absolute Gasteiger partial charge is 0.391 e. The van der Waals surface area contributed by atoms with E-state index in [4.69, 9.17) is 4.98 Å². The largest absolute Gasteiger partial charge is 0.481 e. The zero-order valence-corrected chi connectivity index (χ0v) is 21.9. The molecule has 0 radical (unpaired) electrons. The molecule has 1 aromatic heterocycles. The molecule has 2 aliphatic carbocycles. The first-order valence-corrected chi connectivity index (χ1v) is 14.5. The van der Waals surface area contributed by atoms with E-state index < -0.39 is 18.1 Å². The molecule has 0 amide bonds. The van der Waals surface area contributed by atoms with Crippen molar-refractivity contribution < 1.29 is 23.1 Å². The number of carbonyl (C=O) groups is 1. The molecule has 7 nitrogen and oxygen atoms in total. The van der Waals surface area contributed by atoms with E-state index in [1.165, 1.54) is 6.42 Å². The molecular weight excluding hydrogens is 495 g/mol. The number of anilines is 1. The number of alkyl halides is 3. The van der Waals surface area contributed by atoms with Gasteiger partial charge in [0, 0.05) is 49.5 Å². The molecular formula is C28H40F3N5O2. The Hall–Kier alpha value is -1.91. The Balaban J connectivity index is 0.994. The summed E-state index contributed by atoms with van der Waals surface area (Å²) in [5, 5.41) is 16.2. The highest BCUT2D eigenvalue weighted by molar-refractivity contribution is 5.70. The number of pyridine rings is 1. The molecule has 5 aliphatic rings. The van der Waals surface area contributed by atoms with Gasteiger partial charge in [0.1, 0.15) is 5.82 Å². The van der Waals surface area contributed by atoms with Gasteiger partial charge in [0.2, 0.25) is 0 Å². The number of halogens is 3. The van der Waals surface area contributed by atoms with Crippen molar-refractivity contribution in [1.82, 2.24) is 20.5 Å². The van der Waals surface area contributed by atoms with Crippen LogP contribution < -0.4 is 15.5 Å². The van der Waals surface area contributed by atoms with Crippen molar-refractivity contribution in [2.75, 3.05) is 31.1 Å². The van der Waals surface area contributed by atoms with Gasteiger partial charge in [-0.3, -0.25) is 20.3 Å². The maximum Gasteiger partial charge on any atom is 0.391 e. The van der Waals surface area contributed by atoms with Gasteiger partial charge in [0.25, 0.3) is 0 Å². The van der Waals surface area contributed by atoms with Gasteiger partial charge in [-0.15, -0.1) is 0 Å². The van der Waals surface area contributed by atoms with E-state index in [0.29, 0.717) is 17.9 Å². The van der Waals surface area contributed by atoms with Crippen molar-refractivity contribution in [3.8, 4) is 0 Å². The molecule has 38 heavy (non-hydrogen) atoms. The first kappa shape index (κ1) is 26.3. The highest BCUT2D eigenvalue weighted by atomic mass is 19.4. The van der Waals surface area contributed by atoms with E-state index in [2.05, 4.69) is 32.6 Å². The summed E-state index contributed by atoms with van der Waals surface area (Å²) >= 11 is 0. The summed E-state index contributed by atoms with van der Waals surface area (Å²) in [4.78, 5) is 21.0. The van der Waals surface area contributed by atoms with E-state index in [1.807, 2.05) is 6.20 Å². The Morgan fingerprint density at radius 3 is 2.34 bits per heavy atom. The van der Waals surface area contributed by atoms with Gasteiger partial charge >= 0.3 is 12.1 Å². The zero-order chi connectivity index (χ0) is 26.5. The fourth-order valence-corrected chi connectivity index (χ4v) is 7.86. The Labute approximate surface area is 222 Å². The summed E-state index contributed by atoms with van der Waals surface area (Å²) in [6.45, 7) is 4.22. The number of nitrogens with one attached hydrogen (secondary N) is 2. The normalized spacial score (nSPS) is 35.9. The second-order valence-electron chi connectivity index (χ2n) is 12.5. The molecule has 210 valence electrons. The molecule has 4 atom stereocenters. The number of nitrogens with zero attached hydrogens (tertiary/aromatic N) is 3. The number of piperidine rings is 1. The molecule has 10 heteroatoms. The van der Waals surface area contributed by atoms with Crippen LogP contribution in [-0.2, 0) is 4.79 Å². The fourth-order valence-electron chi connectivity index (χ4n) is 7.86. The number of carboxylic acid groups (broad SMARTS) is 1. The molecule has 3 saturated heterocycles. The van der Waals surface area contributed by atoms with E-state index in [9.17, 15) is 23.1 Å². The number of aromatic nitrogens is 1. The van der Waals surface area contributed by atoms with Gasteiger partial charge in [0.05, 0.1) is 18.0 Å². The lowest BCUT2D eigenvalue weighted by Gasteiger charge is -2.41. The maximum atomic E-state index is 13.2. The molecule has 1 spiro atoms. The molecule has 0 bridgehead atoms. The van der Waals surface area contributed by atoms with Crippen LogP contribution in [0.4, 0.5) is 19.0 Å². The summed E-state index contributed by atoms with van der Waals surface area (Å²) in [7, 11) is 0. The van der Waals surface area contributed by atoms with Crippen LogP contribution in [0.1, 0.15) is 75.9 Å². The average Bonchev–Trinajstić information content (AvgIpc) is 3.53. The number of carboxylic acids is 1. The Bertz CT molecular complexity index is 989. The first-order chi connectivity index (χ1) is 18.2. The van der Waals surface area contributed by atoms with Crippen molar-refractivity contribution in [2.45, 2.75) is 94.7 Å². The van der Waals surface area contributed by atoms with Crippen molar-refractivity contribution in [3.05, 3.63) is 23.9 Å². The van der Waals surface area contributed by atoms with Gasteiger partial charge in [0.15, 0.2) is 0 Å². The molecule has 1 aromatic rings. The van der Waals surface area contributed by atoms with Gasteiger partial charge in [-0.2, -0.15) is 13.2 Å². The average molecular weight is 536 g/mol. The minimum absolute atomic E-state index is 0.0785. The molecule has 3 aliphatic heterocycles. The molecule has 5 fully saturated rings. The van der Waals surface area contributed by atoms with Crippen LogP contribution in [0.15, 0.2) is 18.3 Å². The van der Waals surface area contributed by atoms with E-state index in [1.54, 1.807) is 0 Å². The van der Waals surface area contributed by atoms with Crippen molar-refractivity contribution in [2.24, 2.45) is 17.3 Å². The Kier molecular flexibility index (Phi) is 7.10. The highest BCUT2D eigenvalue weighted by Crippen LogP contribution is 2.44. The van der Waals surface area contributed by atoms with Crippen molar-refractivity contribution in [1.29, 1.82) is 0 Å². The number of hydrogen-bond acceptors (Lipinski definition) is 6. The van der Waals surface area contributed by atoms with Crippen LogP contribution in [-0.4, -0.2) is 71.4 Å². The fraction of sp³-hybridized carbons (Fsp3) is 0.786. The van der Waals surface area contributed by atoms with Gasteiger partial charge < -0.3 is 10.0 Å². The number of rotatable bonds is 4. The molecule has 6 rings (SSSR count). The lowest BCUT2D eigenvalue weighted by Crippen LogP contribution is -2.44. The van der Waals surface area contributed by atoms with E-state index >= 15 is 0 Å². The predicted molar refractivity (Wildman–Crippen MR) is 138 cm³/mol. The monoisotopic (exact) mass is 535 g/mol. The van der Waals surface area contributed by atoms with Crippen LogP contribution in [0, 0.1) is 17.3 Å². The number of fused-ring (bicyclic) bond motifs is 1. The lowest BCUT2D eigenvalue weighted by molar-refractivity contribution is -0.183. The van der Waals surface area contributed by atoms with Gasteiger partial charge in [-0.05, 0) is 82.2 Å². The highest BCUT2D eigenvalue weighted by Gasteiger charge is 2.48. The van der Waals surface area contributed by atoms with Crippen LogP contribution in [0.25, 0.3) is 0 Å². The third kappa shape index (κ3) is 5.28. The predicted octanol–water partition coefficient (Wildman–Crippen LogP) is 4.31. The van der Waals surface area contributed by atoms with Crippen molar-refractivity contribution in [3.63, 3.8) is 0 Å². The van der Waals surface area contributed by atoms with Crippen LogP contribution in [0.3, 0.4) is 0 Å². The summed E-state index contributed by atoms with van der Waals surface area (Å²) in [5.41, 5.74) is 1.34. The number of hydrogen-bond donors (Lipinski definition) is 3. The van der Waals surface area contributed by atoms with E-state index in [-0.39, 0.29) is 37.0 Å². The van der Waals surface area contributed by atoms with Crippen LogP contribution in [0.2, 0.25) is 0 Å². The molecule has 4 heterocycles. The summed E-state index contributed by atoms with van der Waals surface area (Å²) < 4.78 is 39.6. The standard InChI is InChI=1S/C28H40F3N5O2/c29-28(30,31)20-4-7-22-23(15-20)34-25(33-22)19-3-8-24(32-16-19)35-12-9-27(10-13-35)11-14-36(17-27)21-5-1-18(2-6-21)26(37)38/h3,8,16,18,20-23,25,33-34H,1-2,4-7,9-15,17H2,(H,37,38). The summed E-state index contributed by atoms with van der Waals surface area (Å²) in [6, 6.07) is 4.57. The topological polar surface area (TPSA) is 80.7 Å². The molecule has 0 aromatic carbocycles. The molecule has 4 unspecified atom stereocenters. The summed E-state index contributed by atoms with van der Waals surface area (Å²) in [6.07, 6.45) is 5.62. The van der Waals surface area contributed by atoms with Gasteiger partial charge in [-0.1, -0.05) is 6.07 Å². The SMILES string of the molecule is O=C(O)C1CCC(N2CCC3(CCN(c4ccc(C5NC6CCC(C(F)(F)F)CC6N5)cn4)CC3)C2)CC1. The third-order valence-corrected chi connectivity index (χ3v) is 10.4. The van der Waals surface area contributed by atoms with E-state index in [0.717, 1.165) is 76.1 Å². The summed E-state index contributed by atoms with van der Waals surface area (Å²) in [5.74, 6) is -1.03. The van der Waals surface area contributed by atoms with Crippen molar-refractivity contribution >= 4 is 11.8 Å². The second-order valence-corrected chi connectivity index (χ2v) is 12.5. The Morgan fingerprint density at radius 1 is 0.974 bits per heavy atom. The zero-order valence-electron chi connectivity index (χ0n) is 21.9. The quantitative estimate of drug-likeness (QED) is 0.530. The second kappa shape index (κ2) is 10.2. The first-order valence-electron chi connectivity index (χ1n) is 14.5. The van der Waals surface area contributed by atoms with Crippen LogP contribution in [0.5, 0.6) is 0 Å². The minimum atomic E-state index is -4.11. The lowest BCUT2D eigenvalue weighted by atomic mass is 9.77. The number of likely N-dealkylation sites (tertiary alicyclic amines) is 1. The molecule has 2 saturated carbocycles. The third-order valence-electron chi connectivity index (χ3n) is 10.4. The number of aliphatic carboxylic acids is 1. The van der Waals surface area contributed by atoms with Gasteiger partial charge in [-0.25, -0.2) is 4.98 Å². The van der Waals surface area contributed by atoms with Crippen LogP contribution >= 0.6 is 0 Å². The minimum Gasteiger partial charge on any atom is -0.481 e.